The molecule has 0 bridgehead atoms. The van der Waals surface area contributed by atoms with E-state index < -0.39 is 9.84 Å². The molecule has 0 saturated heterocycles. The summed E-state index contributed by atoms with van der Waals surface area (Å²) in [6.45, 7) is 4.15. The van der Waals surface area contributed by atoms with Gasteiger partial charge in [0.25, 0.3) is 0 Å². The maximum absolute atomic E-state index is 13.5. The van der Waals surface area contributed by atoms with Crippen LogP contribution >= 0.6 is 22.9 Å². The quantitative estimate of drug-likeness (QED) is 0.289. The molecule has 1 heterocycles. The van der Waals surface area contributed by atoms with Gasteiger partial charge in [-0.2, -0.15) is 0 Å². The van der Waals surface area contributed by atoms with Gasteiger partial charge in [-0.05, 0) is 54.0 Å². The van der Waals surface area contributed by atoms with Gasteiger partial charge in [0.15, 0.2) is 9.84 Å². The Morgan fingerprint density at radius 2 is 1.73 bits per heavy atom. The Bertz CT molecular complexity index is 1150. The monoisotopic (exact) mass is 463 g/mol. The molecule has 1 aromatic heterocycles. The van der Waals surface area contributed by atoms with Gasteiger partial charge in [0.05, 0.1) is 15.5 Å². The Morgan fingerprint density at radius 3 is 2.27 bits per heavy atom. The number of sulfone groups is 1. The summed E-state index contributed by atoms with van der Waals surface area (Å²) in [6, 6.07) is 13.0. The molecule has 0 saturated carbocycles. The van der Waals surface area contributed by atoms with Crippen molar-refractivity contribution >= 4 is 32.8 Å². The molecule has 0 N–H and O–H groups in total. The number of aromatic nitrogens is 1. The summed E-state index contributed by atoms with van der Waals surface area (Å²) in [5, 5.41) is 0.914. The smallest absolute Gasteiger partial charge is 0.175 e. The predicted octanol–water partition coefficient (Wildman–Crippen LogP) is 6.70. The molecule has 0 spiro atoms. The van der Waals surface area contributed by atoms with Crippen LogP contribution in [0, 0.1) is 5.82 Å². The highest BCUT2D eigenvalue weighted by Gasteiger charge is 2.21. The number of alkyl halides is 1. The van der Waals surface area contributed by atoms with E-state index in [9.17, 15) is 12.8 Å². The first-order valence-corrected chi connectivity index (χ1v) is 12.8. The van der Waals surface area contributed by atoms with Crippen molar-refractivity contribution in [3.05, 3.63) is 71.0 Å². The van der Waals surface area contributed by atoms with Crippen LogP contribution in [0.25, 0.3) is 21.7 Å². The van der Waals surface area contributed by atoms with Crippen LogP contribution in [0.5, 0.6) is 0 Å². The molecule has 0 aliphatic rings. The Labute approximate surface area is 186 Å². The second-order valence-electron chi connectivity index (χ2n) is 7.08. The molecule has 3 nitrogen and oxygen atoms in total. The van der Waals surface area contributed by atoms with Gasteiger partial charge in [-0.1, -0.05) is 32.1 Å². The third kappa shape index (κ3) is 4.99. The number of thiazole rings is 1. The van der Waals surface area contributed by atoms with Crippen molar-refractivity contribution in [2.45, 2.75) is 31.1 Å². The van der Waals surface area contributed by atoms with E-state index in [4.69, 9.17) is 16.6 Å². The molecule has 0 amide bonds. The molecule has 0 radical (unpaired) electrons. The molecule has 1 atom stereocenters. The minimum Gasteiger partial charge on any atom is -0.240 e. The second-order valence-corrected chi connectivity index (χ2v) is 10.4. The minimum atomic E-state index is -3.27. The van der Waals surface area contributed by atoms with Gasteiger partial charge in [-0.15, -0.1) is 22.9 Å². The van der Waals surface area contributed by atoms with Crippen LogP contribution in [0.1, 0.15) is 31.2 Å². The lowest BCUT2D eigenvalue weighted by molar-refractivity contribution is 0.602. The van der Waals surface area contributed by atoms with Crippen LogP contribution in [-0.4, -0.2) is 25.5 Å². The van der Waals surface area contributed by atoms with E-state index in [0.29, 0.717) is 5.88 Å². The van der Waals surface area contributed by atoms with Crippen molar-refractivity contribution in [2.24, 2.45) is 0 Å². The lowest BCUT2D eigenvalue weighted by Gasteiger charge is -2.10. The van der Waals surface area contributed by atoms with Crippen LogP contribution < -0.4 is 0 Å². The summed E-state index contributed by atoms with van der Waals surface area (Å²) >= 11 is 7.71. The highest BCUT2D eigenvalue weighted by Crippen LogP contribution is 2.41. The highest BCUT2D eigenvalue weighted by molar-refractivity contribution is 7.90. The summed E-state index contributed by atoms with van der Waals surface area (Å²) in [5.41, 5.74) is 3.53. The molecule has 3 aromatic rings. The van der Waals surface area contributed by atoms with Crippen LogP contribution in [0.3, 0.4) is 0 Å². The number of halogens is 2. The first-order valence-electron chi connectivity index (χ1n) is 9.56. The molecule has 0 aliphatic heterocycles. The van der Waals surface area contributed by atoms with Crippen molar-refractivity contribution < 1.29 is 12.8 Å². The van der Waals surface area contributed by atoms with Gasteiger partial charge in [-0.3, -0.25) is 0 Å². The van der Waals surface area contributed by atoms with E-state index in [1.807, 2.05) is 0 Å². The fourth-order valence-corrected chi connectivity index (χ4v) is 5.30. The van der Waals surface area contributed by atoms with Crippen LogP contribution in [0.2, 0.25) is 0 Å². The molecular formula is C23H23ClFNO2S2. The van der Waals surface area contributed by atoms with E-state index in [0.717, 1.165) is 38.7 Å². The van der Waals surface area contributed by atoms with Gasteiger partial charge < -0.3 is 0 Å². The number of hydrogen-bond donors (Lipinski definition) is 0. The molecule has 2 aromatic carbocycles. The maximum atomic E-state index is 13.5. The average Bonchev–Trinajstić information content (AvgIpc) is 3.17. The SMILES string of the molecule is CC/C=C(/CCl)C(C)c1nc(-c2ccc(F)cc2)c(-c2ccc(S(C)(=O)=O)cc2)s1. The van der Waals surface area contributed by atoms with Crippen LogP contribution in [0.4, 0.5) is 4.39 Å². The van der Waals surface area contributed by atoms with E-state index in [-0.39, 0.29) is 16.6 Å². The van der Waals surface area contributed by atoms with Crippen molar-refractivity contribution in [1.29, 1.82) is 0 Å². The van der Waals surface area contributed by atoms with Gasteiger partial charge in [0, 0.05) is 23.6 Å². The predicted molar refractivity (Wildman–Crippen MR) is 124 cm³/mol. The minimum absolute atomic E-state index is 0.0516. The van der Waals surface area contributed by atoms with Crippen molar-refractivity contribution in [3.8, 4) is 21.7 Å². The van der Waals surface area contributed by atoms with Gasteiger partial charge in [0.2, 0.25) is 0 Å². The van der Waals surface area contributed by atoms with Gasteiger partial charge >= 0.3 is 0 Å². The molecule has 158 valence electrons. The fraction of sp³-hybridized carbons (Fsp3) is 0.261. The maximum Gasteiger partial charge on any atom is 0.175 e. The topological polar surface area (TPSA) is 47.0 Å². The first-order chi connectivity index (χ1) is 14.2. The molecule has 3 rings (SSSR count). The average molecular weight is 464 g/mol. The third-order valence-electron chi connectivity index (χ3n) is 4.85. The Hall–Kier alpha value is -2.02. The summed E-state index contributed by atoms with van der Waals surface area (Å²) < 4.78 is 37.1. The third-order valence-corrected chi connectivity index (χ3v) is 7.58. The van der Waals surface area contributed by atoms with Gasteiger partial charge in [-0.25, -0.2) is 17.8 Å². The standard InChI is InChI=1S/C23H23ClFNO2S2/c1-4-5-18(14-24)15(2)23-26-21(16-6-10-19(25)11-7-16)22(29-23)17-8-12-20(13-9-17)30(3,27)28/h5-13,15H,4,14H2,1-3H3/b18-5-. The van der Waals surface area contributed by atoms with E-state index >= 15 is 0 Å². The largest absolute Gasteiger partial charge is 0.240 e. The van der Waals surface area contributed by atoms with Gasteiger partial charge in [0.1, 0.15) is 10.8 Å². The molecule has 7 heteroatoms. The second kappa shape index (κ2) is 9.41. The lowest BCUT2D eigenvalue weighted by atomic mass is 10.0. The molecule has 1 unspecified atom stereocenters. The van der Waals surface area contributed by atoms with Crippen LogP contribution in [-0.2, 0) is 9.84 Å². The number of hydrogen-bond acceptors (Lipinski definition) is 4. The Kier molecular flexibility index (Phi) is 7.11. The van der Waals surface area contributed by atoms with Crippen molar-refractivity contribution in [2.75, 3.05) is 12.1 Å². The molecule has 0 aliphatic carbocycles. The molecular weight excluding hydrogens is 441 g/mol. The zero-order valence-electron chi connectivity index (χ0n) is 17.0. The Balaban J connectivity index is 2.14. The normalized spacial score (nSPS) is 13.4. The number of benzene rings is 2. The van der Waals surface area contributed by atoms with E-state index in [1.54, 1.807) is 47.7 Å². The van der Waals surface area contributed by atoms with Crippen molar-refractivity contribution in [1.82, 2.24) is 4.98 Å². The summed E-state index contributed by atoms with van der Waals surface area (Å²) in [7, 11) is -3.27. The number of rotatable bonds is 7. The van der Waals surface area contributed by atoms with Crippen molar-refractivity contribution in [3.63, 3.8) is 0 Å². The highest BCUT2D eigenvalue weighted by atomic mass is 35.5. The van der Waals surface area contributed by atoms with Crippen LogP contribution in [0.15, 0.2) is 65.1 Å². The molecule has 0 fully saturated rings. The first kappa shape index (κ1) is 22.7. The summed E-state index contributed by atoms with van der Waals surface area (Å²) in [6.07, 6.45) is 4.20. The number of nitrogens with zero attached hydrogens (tertiary/aromatic N) is 1. The number of allylic oxidation sites excluding steroid dienone is 2. The van der Waals surface area contributed by atoms with E-state index in [2.05, 4.69) is 19.9 Å². The summed E-state index contributed by atoms with van der Waals surface area (Å²) in [5.74, 6) is 0.173. The zero-order chi connectivity index (χ0) is 21.9. The zero-order valence-corrected chi connectivity index (χ0v) is 19.4. The van der Waals surface area contributed by atoms with E-state index in [1.165, 1.54) is 18.4 Å². The lowest BCUT2D eigenvalue weighted by Crippen LogP contribution is -1.99. The Morgan fingerprint density at radius 1 is 1.13 bits per heavy atom. The summed E-state index contributed by atoms with van der Waals surface area (Å²) in [4.78, 5) is 6.06. The fourth-order valence-electron chi connectivity index (χ4n) is 3.14. The molecule has 30 heavy (non-hydrogen) atoms.